The minimum atomic E-state index is -0.173. The number of hydrogen-bond donors (Lipinski definition) is 1. The van der Waals surface area contributed by atoms with Gasteiger partial charge in [0.15, 0.2) is 5.17 Å². The SMILES string of the molecule is Cc1cccc(N=C2NC(=O)/C(=C/c3cn(CC(=O)N4CCOCC4)c4ccccc34)S2)c1. The average Bonchev–Trinajstić information content (AvgIpc) is 3.34. The fourth-order valence-corrected chi connectivity index (χ4v) is 4.85. The second-order valence-corrected chi connectivity index (χ2v) is 9.07. The lowest BCUT2D eigenvalue weighted by Gasteiger charge is -2.27. The molecule has 3 aromatic rings. The molecule has 5 rings (SSSR count). The predicted molar refractivity (Wildman–Crippen MR) is 131 cm³/mol. The molecule has 0 aliphatic carbocycles. The highest BCUT2D eigenvalue weighted by atomic mass is 32.2. The molecule has 168 valence electrons. The Morgan fingerprint density at radius 2 is 2.00 bits per heavy atom. The van der Waals surface area contributed by atoms with Gasteiger partial charge in [0.2, 0.25) is 5.91 Å². The summed E-state index contributed by atoms with van der Waals surface area (Å²) in [4.78, 5) is 32.4. The number of aryl methyl sites for hydroxylation is 1. The molecular weight excluding hydrogens is 436 g/mol. The number of ether oxygens (including phenoxy) is 1. The van der Waals surface area contributed by atoms with Crippen LogP contribution in [0, 0.1) is 6.92 Å². The summed E-state index contributed by atoms with van der Waals surface area (Å²) in [6.07, 6.45) is 3.82. The van der Waals surface area contributed by atoms with E-state index in [0.29, 0.717) is 36.4 Å². The van der Waals surface area contributed by atoms with Gasteiger partial charge < -0.3 is 19.5 Å². The third-order valence-corrected chi connectivity index (χ3v) is 6.57. The van der Waals surface area contributed by atoms with E-state index in [1.165, 1.54) is 11.8 Å². The van der Waals surface area contributed by atoms with Gasteiger partial charge in [-0.15, -0.1) is 0 Å². The van der Waals surface area contributed by atoms with E-state index < -0.39 is 0 Å². The molecule has 7 nitrogen and oxygen atoms in total. The summed E-state index contributed by atoms with van der Waals surface area (Å²) in [5.74, 6) is -0.105. The van der Waals surface area contributed by atoms with Gasteiger partial charge in [0, 0.05) is 35.8 Å². The lowest BCUT2D eigenvalue weighted by Crippen LogP contribution is -2.42. The Labute approximate surface area is 196 Å². The molecule has 33 heavy (non-hydrogen) atoms. The number of fused-ring (bicyclic) bond motifs is 1. The smallest absolute Gasteiger partial charge is 0.264 e. The number of rotatable bonds is 4. The van der Waals surface area contributed by atoms with Gasteiger partial charge in [0.05, 0.1) is 23.8 Å². The zero-order valence-electron chi connectivity index (χ0n) is 18.3. The molecule has 0 unspecified atom stereocenters. The van der Waals surface area contributed by atoms with Crippen LogP contribution < -0.4 is 5.32 Å². The maximum atomic E-state index is 12.8. The third-order valence-electron chi connectivity index (χ3n) is 5.66. The number of morpholine rings is 1. The van der Waals surface area contributed by atoms with Crippen molar-refractivity contribution in [1.82, 2.24) is 14.8 Å². The van der Waals surface area contributed by atoms with Gasteiger partial charge >= 0.3 is 0 Å². The average molecular weight is 461 g/mol. The standard InChI is InChI=1S/C25H24N4O3S/c1-17-5-4-6-19(13-17)26-25-27-24(31)22(33-25)14-18-15-29(21-8-3-2-7-20(18)21)16-23(30)28-9-11-32-12-10-28/h2-8,13-15H,9-12,16H2,1H3,(H,26,27,31)/b22-14-. The van der Waals surface area contributed by atoms with Crippen LogP contribution in [0.4, 0.5) is 5.69 Å². The highest BCUT2D eigenvalue weighted by Crippen LogP contribution is 2.31. The molecule has 2 fully saturated rings. The topological polar surface area (TPSA) is 75.9 Å². The van der Waals surface area contributed by atoms with Crippen molar-refractivity contribution in [2.45, 2.75) is 13.5 Å². The molecule has 2 aromatic carbocycles. The number of thioether (sulfide) groups is 1. The summed E-state index contributed by atoms with van der Waals surface area (Å²) in [5, 5.41) is 4.40. The first-order chi connectivity index (χ1) is 16.1. The second kappa shape index (κ2) is 9.25. The van der Waals surface area contributed by atoms with E-state index >= 15 is 0 Å². The first kappa shape index (κ1) is 21.5. The molecule has 0 spiro atoms. The Hall–Kier alpha value is -3.36. The summed E-state index contributed by atoms with van der Waals surface area (Å²) in [6, 6.07) is 15.8. The van der Waals surface area contributed by atoms with Crippen molar-refractivity contribution < 1.29 is 14.3 Å². The molecule has 3 heterocycles. The molecule has 0 bridgehead atoms. The summed E-state index contributed by atoms with van der Waals surface area (Å²) in [6.45, 7) is 4.66. The van der Waals surface area contributed by atoms with E-state index in [1.807, 2.05) is 77.2 Å². The Bertz CT molecular complexity index is 1290. The number of amides is 2. The number of para-hydroxylation sites is 1. The normalized spacial score (nSPS) is 18.9. The number of aliphatic imine (C=N–C) groups is 1. The molecule has 2 amide bonds. The van der Waals surface area contributed by atoms with E-state index in [9.17, 15) is 9.59 Å². The number of aromatic nitrogens is 1. The fraction of sp³-hybridized carbons (Fsp3) is 0.240. The monoisotopic (exact) mass is 460 g/mol. The van der Waals surface area contributed by atoms with Crippen LogP contribution in [0.15, 0.2) is 64.6 Å². The highest BCUT2D eigenvalue weighted by Gasteiger charge is 2.25. The van der Waals surface area contributed by atoms with Gasteiger partial charge in [-0.2, -0.15) is 0 Å². The Kier molecular flexibility index (Phi) is 6.02. The molecule has 0 saturated carbocycles. The zero-order chi connectivity index (χ0) is 22.8. The lowest BCUT2D eigenvalue weighted by molar-refractivity contribution is -0.135. The van der Waals surface area contributed by atoms with Crippen LogP contribution in [-0.4, -0.2) is 52.8 Å². The first-order valence-corrected chi connectivity index (χ1v) is 11.7. The van der Waals surface area contributed by atoms with Gasteiger partial charge in [0.1, 0.15) is 6.54 Å². The van der Waals surface area contributed by atoms with Gasteiger partial charge in [0.25, 0.3) is 5.91 Å². The maximum Gasteiger partial charge on any atom is 0.264 e. The summed E-state index contributed by atoms with van der Waals surface area (Å²) in [5.41, 5.74) is 3.77. The number of carbonyl (C=O) groups is 2. The van der Waals surface area contributed by atoms with Gasteiger partial charge in [-0.25, -0.2) is 4.99 Å². The van der Waals surface area contributed by atoms with Crippen LogP contribution in [0.25, 0.3) is 17.0 Å². The molecule has 1 N–H and O–H groups in total. The van der Waals surface area contributed by atoms with E-state index in [0.717, 1.165) is 27.7 Å². The molecule has 2 saturated heterocycles. The van der Waals surface area contributed by atoms with Gasteiger partial charge in [-0.1, -0.05) is 30.3 Å². The van der Waals surface area contributed by atoms with E-state index in [1.54, 1.807) is 0 Å². The van der Waals surface area contributed by atoms with Gasteiger partial charge in [-0.3, -0.25) is 9.59 Å². The number of nitrogens with one attached hydrogen (secondary N) is 1. The van der Waals surface area contributed by atoms with Crippen molar-refractivity contribution in [3.8, 4) is 0 Å². The van der Waals surface area contributed by atoms with Crippen LogP contribution in [0.5, 0.6) is 0 Å². The molecule has 8 heteroatoms. The summed E-state index contributed by atoms with van der Waals surface area (Å²) >= 11 is 1.32. The highest BCUT2D eigenvalue weighted by molar-refractivity contribution is 8.18. The summed E-state index contributed by atoms with van der Waals surface area (Å²) < 4.78 is 7.31. The predicted octanol–water partition coefficient (Wildman–Crippen LogP) is 3.70. The Morgan fingerprint density at radius 3 is 2.82 bits per heavy atom. The van der Waals surface area contributed by atoms with E-state index in [2.05, 4.69) is 10.3 Å². The Morgan fingerprint density at radius 1 is 1.18 bits per heavy atom. The van der Waals surface area contributed by atoms with Crippen LogP contribution in [0.2, 0.25) is 0 Å². The summed E-state index contributed by atoms with van der Waals surface area (Å²) in [7, 11) is 0. The maximum absolute atomic E-state index is 12.8. The largest absolute Gasteiger partial charge is 0.378 e. The van der Waals surface area contributed by atoms with Crippen LogP contribution >= 0.6 is 11.8 Å². The number of nitrogens with zero attached hydrogens (tertiary/aromatic N) is 3. The molecule has 0 atom stereocenters. The third kappa shape index (κ3) is 4.72. The van der Waals surface area contributed by atoms with Crippen molar-refractivity contribution in [3.63, 3.8) is 0 Å². The quantitative estimate of drug-likeness (QED) is 0.603. The molecule has 2 aliphatic rings. The van der Waals surface area contributed by atoms with Crippen molar-refractivity contribution in [2.24, 2.45) is 4.99 Å². The first-order valence-electron chi connectivity index (χ1n) is 10.9. The lowest BCUT2D eigenvalue weighted by atomic mass is 10.1. The van der Waals surface area contributed by atoms with Crippen molar-refractivity contribution >= 4 is 51.4 Å². The van der Waals surface area contributed by atoms with Crippen LogP contribution in [0.3, 0.4) is 0 Å². The van der Waals surface area contributed by atoms with E-state index in [4.69, 9.17) is 4.74 Å². The Balaban J connectivity index is 1.41. The number of amidine groups is 1. The molecule has 1 aromatic heterocycles. The minimum absolute atomic E-state index is 0.0683. The van der Waals surface area contributed by atoms with Crippen LogP contribution in [0.1, 0.15) is 11.1 Å². The van der Waals surface area contributed by atoms with Gasteiger partial charge in [-0.05, 0) is 48.5 Å². The molecule has 0 radical (unpaired) electrons. The molecular formula is C25H24N4O3S. The van der Waals surface area contributed by atoms with Crippen molar-refractivity contribution in [2.75, 3.05) is 26.3 Å². The van der Waals surface area contributed by atoms with Crippen molar-refractivity contribution in [3.05, 3.63) is 70.8 Å². The second-order valence-electron chi connectivity index (χ2n) is 8.04. The molecule has 2 aliphatic heterocycles. The van der Waals surface area contributed by atoms with Crippen molar-refractivity contribution in [1.29, 1.82) is 0 Å². The number of benzene rings is 2. The number of hydrogen-bond acceptors (Lipinski definition) is 5. The minimum Gasteiger partial charge on any atom is -0.378 e. The van der Waals surface area contributed by atoms with Crippen LogP contribution in [-0.2, 0) is 20.9 Å². The zero-order valence-corrected chi connectivity index (χ0v) is 19.1. The fourth-order valence-electron chi connectivity index (χ4n) is 4.02. The van der Waals surface area contributed by atoms with E-state index in [-0.39, 0.29) is 18.4 Å². The number of carbonyl (C=O) groups excluding carboxylic acids is 2.